The maximum Gasteiger partial charge on any atom is 0.197 e. The van der Waals surface area contributed by atoms with Crippen LogP contribution in [0.1, 0.15) is 50.7 Å². The molecule has 0 aromatic heterocycles. The lowest BCUT2D eigenvalue weighted by Crippen LogP contribution is -2.20. The van der Waals surface area contributed by atoms with E-state index in [4.69, 9.17) is 5.41 Å². The third kappa shape index (κ3) is 4.35. The van der Waals surface area contributed by atoms with Crippen molar-refractivity contribution in [1.82, 2.24) is 0 Å². The molecule has 0 radical (unpaired) electrons. The molecule has 3 N–H and O–H groups in total. The summed E-state index contributed by atoms with van der Waals surface area (Å²) in [4.78, 5) is 0. The van der Waals surface area contributed by atoms with Gasteiger partial charge in [0.15, 0.2) is 5.96 Å². The van der Waals surface area contributed by atoms with Crippen molar-refractivity contribution in [3.8, 4) is 0 Å². The van der Waals surface area contributed by atoms with E-state index in [0.29, 0.717) is 11.8 Å². The van der Waals surface area contributed by atoms with Crippen molar-refractivity contribution in [3.63, 3.8) is 0 Å². The predicted molar refractivity (Wildman–Crippen MR) is 96.0 cm³/mol. The van der Waals surface area contributed by atoms with Crippen molar-refractivity contribution in [1.29, 1.82) is 5.41 Å². The number of nitrogens with one attached hydrogen (secondary N) is 3. The Morgan fingerprint density at radius 1 is 0.773 bits per heavy atom. The minimum absolute atomic E-state index is 0.279. The Hall–Kier alpha value is -2.29. The Bertz CT molecular complexity index is 589. The highest BCUT2D eigenvalue weighted by molar-refractivity contribution is 6.01. The molecule has 3 heteroatoms. The van der Waals surface area contributed by atoms with Gasteiger partial charge < -0.3 is 10.6 Å². The van der Waals surface area contributed by atoms with Gasteiger partial charge in [0.1, 0.15) is 0 Å². The predicted octanol–water partition coefficient (Wildman–Crippen LogP) is 5.39. The molecular weight excluding hydrogens is 270 g/mol. The zero-order chi connectivity index (χ0) is 16.1. The zero-order valence-corrected chi connectivity index (χ0v) is 13.8. The van der Waals surface area contributed by atoms with E-state index in [1.165, 1.54) is 11.1 Å². The average molecular weight is 295 g/mol. The number of rotatable bonds is 4. The number of hydrogen-bond donors (Lipinski definition) is 3. The van der Waals surface area contributed by atoms with Crippen molar-refractivity contribution < 1.29 is 0 Å². The Balaban J connectivity index is 2.04. The maximum absolute atomic E-state index is 8.10. The van der Waals surface area contributed by atoms with E-state index < -0.39 is 0 Å². The molecule has 0 heterocycles. The average Bonchev–Trinajstić information content (AvgIpc) is 2.47. The summed E-state index contributed by atoms with van der Waals surface area (Å²) in [5.74, 6) is 1.24. The molecule has 0 aliphatic heterocycles. The highest BCUT2D eigenvalue weighted by Crippen LogP contribution is 2.20. The van der Waals surface area contributed by atoms with E-state index >= 15 is 0 Å². The van der Waals surface area contributed by atoms with E-state index in [1.54, 1.807) is 0 Å². The van der Waals surface area contributed by atoms with Crippen molar-refractivity contribution in [2.24, 2.45) is 0 Å². The number of hydrogen-bond acceptors (Lipinski definition) is 1. The lowest BCUT2D eigenvalue weighted by Gasteiger charge is -2.14. The van der Waals surface area contributed by atoms with Gasteiger partial charge in [0.05, 0.1) is 0 Å². The van der Waals surface area contributed by atoms with Crippen LogP contribution in [0.2, 0.25) is 0 Å². The summed E-state index contributed by atoms with van der Waals surface area (Å²) in [7, 11) is 0. The lowest BCUT2D eigenvalue weighted by atomic mass is 10.0. The lowest BCUT2D eigenvalue weighted by molar-refractivity contribution is 0.867. The molecule has 0 aliphatic rings. The molecule has 2 rings (SSSR count). The van der Waals surface area contributed by atoms with Gasteiger partial charge in [-0.1, -0.05) is 52.0 Å². The molecule has 3 nitrogen and oxygen atoms in total. The van der Waals surface area contributed by atoms with Crippen LogP contribution in [0.15, 0.2) is 48.5 Å². The molecule has 0 fully saturated rings. The highest BCUT2D eigenvalue weighted by Gasteiger charge is 2.04. The summed E-state index contributed by atoms with van der Waals surface area (Å²) >= 11 is 0. The van der Waals surface area contributed by atoms with E-state index in [1.807, 2.05) is 24.3 Å². The summed E-state index contributed by atoms with van der Waals surface area (Å²) < 4.78 is 0. The molecule has 2 aromatic carbocycles. The fourth-order valence-electron chi connectivity index (χ4n) is 2.27. The second-order valence-corrected chi connectivity index (χ2v) is 6.19. The first-order valence-electron chi connectivity index (χ1n) is 7.78. The molecule has 2 aromatic rings. The molecule has 0 saturated heterocycles. The Kier molecular flexibility index (Phi) is 5.21. The molecule has 0 bridgehead atoms. The molecule has 0 atom stereocenters. The quantitative estimate of drug-likeness (QED) is 0.523. The summed E-state index contributed by atoms with van der Waals surface area (Å²) in [6, 6.07) is 16.4. The Morgan fingerprint density at radius 3 is 1.55 bits per heavy atom. The molecule has 0 unspecified atom stereocenters. The van der Waals surface area contributed by atoms with Gasteiger partial charge in [-0.25, -0.2) is 0 Å². The minimum Gasteiger partial charge on any atom is -0.326 e. The second-order valence-electron chi connectivity index (χ2n) is 6.19. The molecule has 22 heavy (non-hydrogen) atoms. The summed E-state index contributed by atoms with van der Waals surface area (Å²) in [5, 5.41) is 14.3. The van der Waals surface area contributed by atoms with Crippen LogP contribution in [0.25, 0.3) is 0 Å². The van der Waals surface area contributed by atoms with Crippen LogP contribution in [-0.4, -0.2) is 5.96 Å². The first-order valence-corrected chi connectivity index (χ1v) is 7.78. The topological polar surface area (TPSA) is 47.9 Å². The fourth-order valence-corrected chi connectivity index (χ4v) is 2.27. The van der Waals surface area contributed by atoms with Crippen LogP contribution in [0, 0.1) is 5.41 Å². The SMILES string of the molecule is CC(C)c1cccc(NC(=N)Nc2cccc(C(C)C)c2)c1. The number of anilines is 2. The first-order chi connectivity index (χ1) is 10.5. The van der Waals surface area contributed by atoms with E-state index in [2.05, 4.69) is 62.6 Å². The number of benzene rings is 2. The van der Waals surface area contributed by atoms with Crippen LogP contribution >= 0.6 is 0 Å². The third-order valence-electron chi connectivity index (χ3n) is 3.65. The van der Waals surface area contributed by atoms with Gasteiger partial charge in [-0.2, -0.15) is 0 Å². The second kappa shape index (κ2) is 7.12. The Morgan fingerprint density at radius 2 is 1.18 bits per heavy atom. The van der Waals surface area contributed by atoms with E-state index in [9.17, 15) is 0 Å². The normalized spacial score (nSPS) is 10.8. The van der Waals surface area contributed by atoms with Crippen LogP contribution in [-0.2, 0) is 0 Å². The molecule has 0 spiro atoms. The van der Waals surface area contributed by atoms with Crippen molar-refractivity contribution in [2.75, 3.05) is 10.6 Å². The van der Waals surface area contributed by atoms with Gasteiger partial charge in [0.25, 0.3) is 0 Å². The molecule has 0 aliphatic carbocycles. The maximum atomic E-state index is 8.10. The summed E-state index contributed by atoms with van der Waals surface area (Å²) in [6.45, 7) is 8.67. The molecular formula is C19H25N3. The molecule has 116 valence electrons. The van der Waals surface area contributed by atoms with E-state index in [-0.39, 0.29) is 5.96 Å². The van der Waals surface area contributed by atoms with Crippen LogP contribution in [0.3, 0.4) is 0 Å². The standard InChI is InChI=1S/C19H25N3/c1-13(2)15-7-5-9-17(11-15)21-19(20)22-18-10-6-8-16(12-18)14(3)4/h5-14H,1-4H3,(H3,20,21,22). The monoisotopic (exact) mass is 295 g/mol. The van der Waals surface area contributed by atoms with Gasteiger partial charge in [-0.05, 0) is 47.2 Å². The smallest absolute Gasteiger partial charge is 0.197 e. The third-order valence-corrected chi connectivity index (χ3v) is 3.65. The van der Waals surface area contributed by atoms with Gasteiger partial charge >= 0.3 is 0 Å². The largest absolute Gasteiger partial charge is 0.326 e. The summed E-state index contributed by atoms with van der Waals surface area (Å²) in [6.07, 6.45) is 0. The van der Waals surface area contributed by atoms with Gasteiger partial charge in [-0.3, -0.25) is 5.41 Å². The van der Waals surface area contributed by atoms with Gasteiger partial charge in [-0.15, -0.1) is 0 Å². The zero-order valence-electron chi connectivity index (χ0n) is 13.8. The highest BCUT2D eigenvalue weighted by atomic mass is 15.1. The van der Waals surface area contributed by atoms with Crippen molar-refractivity contribution >= 4 is 17.3 Å². The minimum atomic E-state index is 0.279. The first kappa shape index (κ1) is 16.1. The molecule has 0 saturated carbocycles. The Labute approximate surface area is 133 Å². The van der Waals surface area contributed by atoms with Crippen LogP contribution in [0.4, 0.5) is 11.4 Å². The van der Waals surface area contributed by atoms with Gasteiger partial charge in [0.2, 0.25) is 0 Å². The van der Waals surface area contributed by atoms with Crippen molar-refractivity contribution in [2.45, 2.75) is 39.5 Å². The summed E-state index contributed by atoms with van der Waals surface area (Å²) in [5.41, 5.74) is 4.40. The van der Waals surface area contributed by atoms with Crippen LogP contribution in [0.5, 0.6) is 0 Å². The molecule has 0 amide bonds. The van der Waals surface area contributed by atoms with Gasteiger partial charge in [0, 0.05) is 11.4 Å². The van der Waals surface area contributed by atoms with E-state index in [0.717, 1.165) is 11.4 Å². The van der Waals surface area contributed by atoms with Crippen LogP contribution < -0.4 is 10.6 Å². The number of guanidine groups is 1. The fraction of sp³-hybridized carbons (Fsp3) is 0.316. The van der Waals surface area contributed by atoms with Crippen molar-refractivity contribution in [3.05, 3.63) is 59.7 Å².